The summed E-state index contributed by atoms with van der Waals surface area (Å²) in [5, 5.41) is 26.0. The van der Waals surface area contributed by atoms with Crippen LogP contribution in [-0.4, -0.2) is 26.7 Å². The summed E-state index contributed by atoms with van der Waals surface area (Å²) in [4.78, 5) is 0. The van der Waals surface area contributed by atoms with Gasteiger partial charge in [-0.05, 0) is 64.8 Å². The van der Waals surface area contributed by atoms with Crippen molar-refractivity contribution in [1.82, 2.24) is 5.06 Å². The second-order valence-corrected chi connectivity index (χ2v) is 6.58. The normalized spacial score (nSPS) is 21.1. The van der Waals surface area contributed by atoms with Gasteiger partial charge in [-0.1, -0.05) is 23.3 Å². The third-order valence-electron chi connectivity index (χ3n) is 4.93. The minimum atomic E-state index is -0.776. The van der Waals surface area contributed by atoms with Crippen molar-refractivity contribution in [1.29, 1.82) is 0 Å². The minimum absolute atomic E-state index is 0.190. The van der Waals surface area contributed by atoms with E-state index in [-0.39, 0.29) is 5.84 Å². The van der Waals surface area contributed by atoms with Crippen molar-refractivity contribution in [2.75, 3.05) is 0 Å². The molecule has 0 saturated heterocycles. The second kappa shape index (κ2) is 4.88. The van der Waals surface area contributed by atoms with Crippen LogP contribution in [0, 0.1) is 5.21 Å². The number of nitrogens with zero attached hydrogens (tertiary/aromatic N) is 2. The van der Waals surface area contributed by atoms with Crippen LogP contribution < -0.4 is 0 Å². The molecule has 0 bridgehead atoms. The molecule has 1 radical (unpaired) electrons. The van der Waals surface area contributed by atoms with Crippen LogP contribution in [0.1, 0.15) is 52.7 Å². The summed E-state index contributed by atoms with van der Waals surface area (Å²) < 4.78 is 0.845. The number of rotatable bonds is 2. The topological polar surface area (TPSA) is 49.2 Å². The molecule has 1 aliphatic heterocycles. The Bertz CT molecular complexity index is 610. The Labute approximate surface area is 126 Å². The van der Waals surface area contributed by atoms with Gasteiger partial charge in [0.05, 0.1) is 5.56 Å². The van der Waals surface area contributed by atoms with Gasteiger partial charge in [0.15, 0.2) is 5.54 Å². The van der Waals surface area contributed by atoms with Crippen LogP contribution in [0.5, 0.6) is 0 Å². The molecule has 0 atom stereocenters. The van der Waals surface area contributed by atoms with Gasteiger partial charge in [0, 0.05) is 5.21 Å². The summed E-state index contributed by atoms with van der Waals surface area (Å²) in [6.45, 7) is 11.2. The zero-order valence-corrected chi connectivity index (χ0v) is 13.6. The van der Waals surface area contributed by atoms with E-state index < -0.39 is 11.1 Å². The molecule has 0 fully saturated rings. The van der Waals surface area contributed by atoms with Gasteiger partial charge < -0.3 is 5.21 Å². The summed E-state index contributed by atoms with van der Waals surface area (Å²) in [5.74, 6) is 0.190. The van der Waals surface area contributed by atoms with Gasteiger partial charge in [-0.25, -0.2) is 0 Å². The molecule has 1 heterocycles. The molecule has 0 spiro atoms. The van der Waals surface area contributed by atoms with Crippen molar-refractivity contribution in [3.8, 4) is 0 Å². The van der Waals surface area contributed by atoms with Crippen LogP contribution in [0.4, 0.5) is 0 Å². The SMILES string of the molecule is C/C=C(/C)c1ccc(C2=[N+]([O-])C(C)(C)C(C)(C)N2[O])cc1. The van der Waals surface area contributed by atoms with Crippen LogP contribution in [0.15, 0.2) is 30.3 Å². The van der Waals surface area contributed by atoms with Gasteiger partial charge in [-0.3, -0.25) is 4.74 Å². The van der Waals surface area contributed by atoms with Gasteiger partial charge in [-0.2, -0.15) is 0 Å². The van der Waals surface area contributed by atoms with E-state index in [1.54, 1.807) is 27.7 Å². The summed E-state index contributed by atoms with van der Waals surface area (Å²) in [6, 6.07) is 7.56. The highest BCUT2D eigenvalue weighted by Crippen LogP contribution is 2.37. The van der Waals surface area contributed by atoms with Crippen LogP contribution in [0.2, 0.25) is 0 Å². The van der Waals surface area contributed by atoms with E-state index in [9.17, 15) is 10.4 Å². The monoisotopic (exact) mass is 287 g/mol. The Morgan fingerprint density at radius 1 is 1.19 bits per heavy atom. The highest BCUT2D eigenvalue weighted by Gasteiger charge is 2.59. The fraction of sp³-hybridized carbons (Fsp3) is 0.471. The van der Waals surface area contributed by atoms with Crippen molar-refractivity contribution in [3.63, 3.8) is 0 Å². The van der Waals surface area contributed by atoms with Crippen LogP contribution in [0.25, 0.3) is 5.57 Å². The Balaban J connectivity index is 2.50. The zero-order chi connectivity index (χ0) is 16.0. The molecule has 1 aliphatic rings. The first-order chi connectivity index (χ1) is 9.64. The quantitative estimate of drug-likeness (QED) is 0.616. The van der Waals surface area contributed by atoms with Gasteiger partial charge in [-0.15, -0.1) is 0 Å². The molecule has 0 amide bonds. The maximum Gasteiger partial charge on any atom is 0.316 e. The molecule has 0 aliphatic carbocycles. The second-order valence-electron chi connectivity index (χ2n) is 6.58. The Hall–Kier alpha value is -1.81. The molecule has 0 aromatic heterocycles. The minimum Gasteiger partial charge on any atom is -0.714 e. The van der Waals surface area contributed by atoms with Gasteiger partial charge in [0.1, 0.15) is 5.54 Å². The van der Waals surface area contributed by atoms with Crippen molar-refractivity contribution < 1.29 is 9.95 Å². The number of amidine groups is 1. The molecule has 4 heteroatoms. The first kappa shape index (κ1) is 15.6. The summed E-state index contributed by atoms with van der Waals surface area (Å²) in [6.07, 6.45) is 2.03. The number of hydrogen-bond donors (Lipinski definition) is 0. The molecule has 21 heavy (non-hydrogen) atoms. The third-order valence-corrected chi connectivity index (χ3v) is 4.93. The van der Waals surface area contributed by atoms with Crippen LogP contribution in [-0.2, 0) is 5.21 Å². The molecule has 1 aromatic rings. The van der Waals surface area contributed by atoms with Crippen molar-refractivity contribution >= 4 is 11.4 Å². The van der Waals surface area contributed by atoms with E-state index in [1.807, 2.05) is 44.2 Å². The fourth-order valence-electron chi connectivity index (χ4n) is 2.39. The van der Waals surface area contributed by atoms with Crippen molar-refractivity contribution in [3.05, 3.63) is 46.7 Å². The van der Waals surface area contributed by atoms with Crippen molar-refractivity contribution in [2.24, 2.45) is 0 Å². The highest BCUT2D eigenvalue weighted by molar-refractivity contribution is 5.96. The van der Waals surface area contributed by atoms with Gasteiger partial charge in [0.25, 0.3) is 0 Å². The van der Waals surface area contributed by atoms with Crippen molar-refractivity contribution in [2.45, 2.75) is 52.6 Å². The number of benzene rings is 1. The smallest absolute Gasteiger partial charge is 0.316 e. The zero-order valence-electron chi connectivity index (χ0n) is 13.6. The van der Waals surface area contributed by atoms with E-state index in [0.29, 0.717) is 5.56 Å². The number of hydroxylamine groups is 3. The average molecular weight is 287 g/mol. The first-order valence-corrected chi connectivity index (χ1v) is 7.20. The predicted molar refractivity (Wildman–Crippen MR) is 84.2 cm³/mol. The maximum atomic E-state index is 12.6. The lowest BCUT2D eigenvalue weighted by Gasteiger charge is -2.32. The molecule has 0 N–H and O–H groups in total. The fourth-order valence-corrected chi connectivity index (χ4v) is 2.39. The average Bonchev–Trinajstić information content (AvgIpc) is 2.57. The van der Waals surface area contributed by atoms with Crippen LogP contribution in [0.3, 0.4) is 0 Å². The van der Waals surface area contributed by atoms with E-state index in [4.69, 9.17) is 0 Å². The lowest BCUT2D eigenvalue weighted by atomic mass is 9.84. The van der Waals surface area contributed by atoms with Gasteiger partial charge in [0.2, 0.25) is 0 Å². The van der Waals surface area contributed by atoms with Gasteiger partial charge >= 0.3 is 5.84 Å². The van der Waals surface area contributed by atoms with E-state index in [2.05, 4.69) is 0 Å². The maximum absolute atomic E-state index is 12.6. The third kappa shape index (κ3) is 2.14. The van der Waals surface area contributed by atoms with E-state index in [0.717, 1.165) is 20.9 Å². The molecule has 4 nitrogen and oxygen atoms in total. The molecule has 0 unspecified atom stereocenters. The van der Waals surface area contributed by atoms with E-state index in [1.165, 1.54) is 0 Å². The molecule has 0 saturated carbocycles. The summed E-state index contributed by atoms with van der Waals surface area (Å²) in [5.41, 5.74) is 1.36. The number of hydrogen-bond acceptors (Lipinski definition) is 2. The summed E-state index contributed by atoms with van der Waals surface area (Å²) >= 11 is 0. The highest BCUT2D eigenvalue weighted by atomic mass is 16.5. The Kier molecular flexibility index (Phi) is 3.62. The Morgan fingerprint density at radius 2 is 1.71 bits per heavy atom. The standard InChI is InChI=1S/C17H23N2O2/c1-7-12(2)13-8-10-14(11-9-13)15-18(20)16(3,4)17(5,6)19(15)21/h7-11H,1-6H3/b12-7-. The largest absolute Gasteiger partial charge is 0.714 e. The molecule has 113 valence electrons. The first-order valence-electron chi connectivity index (χ1n) is 7.20. The lowest BCUT2D eigenvalue weighted by Crippen LogP contribution is -2.53. The molecule has 1 aromatic carbocycles. The van der Waals surface area contributed by atoms with Crippen LogP contribution >= 0.6 is 0 Å². The summed E-state index contributed by atoms with van der Waals surface area (Å²) in [7, 11) is 0. The Morgan fingerprint density at radius 3 is 2.10 bits per heavy atom. The molecule has 2 rings (SSSR count). The molecular formula is C17H23N2O2. The lowest BCUT2D eigenvalue weighted by molar-refractivity contribution is -0.539. The molecular weight excluding hydrogens is 264 g/mol. The number of allylic oxidation sites excluding steroid dienone is 2. The predicted octanol–water partition coefficient (Wildman–Crippen LogP) is 3.59. The van der Waals surface area contributed by atoms with E-state index >= 15 is 0 Å².